The molecule has 2 heterocycles. The van der Waals surface area contributed by atoms with E-state index in [4.69, 9.17) is 20.9 Å². The number of carbonyl (C=O) groups excluding carboxylic acids is 1. The first-order valence-corrected chi connectivity index (χ1v) is 8.56. The second-order valence-electron chi connectivity index (χ2n) is 6.07. The topological polar surface area (TPSA) is 68.5 Å². The molecule has 0 radical (unpaired) electrons. The predicted octanol–water partition coefficient (Wildman–Crippen LogP) is 3.92. The van der Waals surface area contributed by atoms with Gasteiger partial charge in [-0.15, -0.1) is 0 Å². The lowest BCUT2D eigenvalue weighted by Crippen LogP contribution is -2.24. The molecule has 4 rings (SSSR count). The minimum absolute atomic E-state index is 0.0325. The van der Waals surface area contributed by atoms with E-state index in [1.54, 1.807) is 24.1 Å². The summed E-state index contributed by atoms with van der Waals surface area (Å²) in [5.74, 6) is 1.59. The number of ether oxygens (including phenoxy) is 1. The summed E-state index contributed by atoms with van der Waals surface area (Å²) in [5, 5.41) is 4.72. The average molecular weight is 370 g/mol. The second-order valence-corrected chi connectivity index (χ2v) is 6.51. The Labute approximate surface area is 155 Å². The Bertz CT molecular complexity index is 939. The van der Waals surface area contributed by atoms with Crippen LogP contribution >= 0.6 is 11.6 Å². The molecule has 2 aromatic carbocycles. The zero-order valence-corrected chi connectivity index (χ0v) is 14.8. The smallest absolute Gasteiger partial charge is 0.258 e. The molecule has 1 saturated heterocycles. The predicted molar refractivity (Wildman–Crippen MR) is 97.4 cm³/mol. The molecule has 1 aliphatic rings. The first kappa shape index (κ1) is 16.6. The van der Waals surface area contributed by atoms with E-state index in [1.807, 2.05) is 36.4 Å². The standard InChI is InChI=1S/C19H16ClN3O3/c1-25-16-4-2-3-12(9-16)19-21-18(22-26-19)13-10-17(24)23(11-13)15-7-5-14(20)6-8-15/h2-9,13H,10-11H2,1H3. The Balaban J connectivity index is 1.54. The highest BCUT2D eigenvalue weighted by atomic mass is 35.5. The number of halogens is 1. The maximum Gasteiger partial charge on any atom is 0.258 e. The molecule has 6 nitrogen and oxygen atoms in total. The summed E-state index contributed by atoms with van der Waals surface area (Å²) in [4.78, 5) is 18.6. The largest absolute Gasteiger partial charge is 0.497 e. The number of aromatic nitrogens is 2. The maximum absolute atomic E-state index is 12.4. The highest BCUT2D eigenvalue weighted by Crippen LogP contribution is 2.32. The van der Waals surface area contributed by atoms with Gasteiger partial charge in [0.15, 0.2) is 5.82 Å². The summed E-state index contributed by atoms with van der Waals surface area (Å²) in [6.07, 6.45) is 0.347. The second kappa shape index (κ2) is 6.80. The highest BCUT2D eigenvalue weighted by molar-refractivity contribution is 6.30. The Morgan fingerprint density at radius 1 is 1.23 bits per heavy atom. The first-order valence-electron chi connectivity index (χ1n) is 8.18. The number of amides is 1. The number of anilines is 1. The lowest BCUT2D eigenvalue weighted by Gasteiger charge is -2.16. The summed E-state index contributed by atoms with van der Waals surface area (Å²) >= 11 is 5.92. The molecular weight excluding hydrogens is 354 g/mol. The van der Waals surface area contributed by atoms with Gasteiger partial charge in [0.1, 0.15) is 5.75 Å². The van der Waals surface area contributed by atoms with E-state index in [9.17, 15) is 4.79 Å². The number of carbonyl (C=O) groups is 1. The van der Waals surface area contributed by atoms with E-state index >= 15 is 0 Å². The minimum Gasteiger partial charge on any atom is -0.497 e. The van der Waals surface area contributed by atoms with Crippen molar-refractivity contribution in [1.82, 2.24) is 10.1 Å². The van der Waals surface area contributed by atoms with Gasteiger partial charge in [0.25, 0.3) is 5.89 Å². The van der Waals surface area contributed by atoms with Crippen molar-refractivity contribution in [2.24, 2.45) is 0 Å². The Hall–Kier alpha value is -2.86. The van der Waals surface area contributed by atoms with Gasteiger partial charge in [-0.05, 0) is 42.5 Å². The summed E-state index contributed by atoms with van der Waals surface area (Å²) in [5.41, 5.74) is 1.60. The molecule has 1 unspecified atom stereocenters. The third-order valence-corrected chi connectivity index (χ3v) is 4.64. The molecule has 132 valence electrons. The van der Waals surface area contributed by atoms with Crippen LogP contribution in [0.25, 0.3) is 11.5 Å². The minimum atomic E-state index is -0.110. The lowest BCUT2D eigenvalue weighted by molar-refractivity contribution is -0.117. The van der Waals surface area contributed by atoms with Crippen LogP contribution in [0.15, 0.2) is 53.1 Å². The summed E-state index contributed by atoms with van der Waals surface area (Å²) in [6, 6.07) is 14.6. The number of benzene rings is 2. The molecule has 0 N–H and O–H groups in total. The van der Waals surface area contributed by atoms with Crippen molar-refractivity contribution in [3.63, 3.8) is 0 Å². The molecule has 0 aliphatic carbocycles. The van der Waals surface area contributed by atoms with Crippen molar-refractivity contribution in [3.8, 4) is 17.2 Å². The Kier molecular flexibility index (Phi) is 4.34. The third-order valence-electron chi connectivity index (χ3n) is 4.39. The molecule has 0 bridgehead atoms. The molecule has 1 fully saturated rings. The van der Waals surface area contributed by atoms with Crippen molar-refractivity contribution < 1.29 is 14.1 Å². The van der Waals surface area contributed by atoms with E-state index in [-0.39, 0.29) is 11.8 Å². The number of nitrogens with zero attached hydrogens (tertiary/aromatic N) is 3. The van der Waals surface area contributed by atoms with E-state index in [2.05, 4.69) is 10.1 Å². The molecule has 26 heavy (non-hydrogen) atoms. The van der Waals surface area contributed by atoms with Gasteiger partial charge in [0.05, 0.1) is 7.11 Å². The third kappa shape index (κ3) is 3.15. The molecule has 1 atom stereocenters. The van der Waals surface area contributed by atoms with Crippen molar-refractivity contribution in [2.45, 2.75) is 12.3 Å². The van der Waals surface area contributed by atoms with E-state index < -0.39 is 0 Å². The lowest BCUT2D eigenvalue weighted by atomic mass is 10.1. The maximum atomic E-state index is 12.4. The van der Waals surface area contributed by atoms with Gasteiger partial charge < -0.3 is 14.2 Å². The van der Waals surface area contributed by atoms with Crippen molar-refractivity contribution in [1.29, 1.82) is 0 Å². The normalized spacial score (nSPS) is 16.9. The monoisotopic (exact) mass is 369 g/mol. The van der Waals surface area contributed by atoms with Gasteiger partial charge in [-0.1, -0.05) is 22.8 Å². The van der Waals surface area contributed by atoms with Crippen molar-refractivity contribution >= 4 is 23.2 Å². The molecule has 0 spiro atoms. The van der Waals surface area contributed by atoms with Crippen LogP contribution in [0.2, 0.25) is 5.02 Å². The highest BCUT2D eigenvalue weighted by Gasteiger charge is 2.34. The van der Waals surface area contributed by atoms with E-state index in [0.29, 0.717) is 35.5 Å². The SMILES string of the molecule is COc1cccc(-c2nc(C3CC(=O)N(c4ccc(Cl)cc4)C3)no2)c1. The molecule has 7 heteroatoms. The Morgan fingerprint density at radius 2 is 2.04 bits per heavy atom. The van der Waals surface area contributed by atoms with Gasteiger partial charge >= 0.3 is 0 Å². The Morgan fingerprint density at radius 3 is 2.81 bits per heavy atom. The van der Waals surface area contributed by atoms with Crippen LogP contribution < -0.4 is 9.64 Å². The van der Waals surface area contributed by atoms with Crippen LogP contribution in [0.5, 0.6) is 5.75 Å². The first-order chi connectivity index (χ1) is 12.6. The summed E-state index contributed by atoms with van der Waals surface area (Å²) in [7, 11) is 1.61. The number of methoxy groups -OCH3 is 1. The fourth-order valence-electron chi connectivity index (χ4n) is 3.03. The van der Waals surface area contributed by atoms with Crippen molar-refractivity contribution in [3.05, 3.63) is 59.4 Å². The zero-order valence-electron chi connectivity index (χ0n) is 14.1. The summed E-state index contributed by atoms with van der Waals surface area (Å²) < 4.78 is 10.6. The van der Waals surface area contributed by atoms with Gasteiger partial charge in [0.2, 0.25) is 5.91 Å². The van der Waals surface area contributed by atoms with Crippen LogP contribution in [0, 0.1) is 0 Å². The number of rotatable bonds is 4. The zero-order chi connectivity index (χ0) is 18.1. The number of hydrogen-bond donors (Lipinski definition) is 0. The average Bonchev–Trinajstić information content (AvgIpc) is 3.29. The van der Waals surface area contributed by atoms with Gasteiger partial charge in [-0.25, -0.2) is 0 Å². The molecular formula is C19H16ClN3O3. The molecule has 0 saturated carbocycles. The van der Waals surface area contributed by atoms with Crippen LogP contribution in [-0.4, -0.2) is 29.7 Å². The fraction of sp³-hybridized carbons (Fsp3) is 0.211. The van der Waals surface area contributed by atoms with Gasteiger partial charge in [0, 0.05) is 35.2 Å². The van der Waals surface area contributed by atoms with Crippen LogP contribution in [-0.2, 0) is 4.79 Å². The quantitative estimate of drug-likeness (QED) is 0.697. The fourth-order valence-corrected chi connectivity index (χ4v) is 3.15. The van der Waals surface area contributed by atoms with E-state index in [0.717, 1.165) is 11.3 Å². The molecule has 1 aromatic heterocycles. The van der Waals surface area contributed by atoms with Gasteiger partial charge in [-0.2, -0.15) is 4.98 Å². The van der Waals surface area contributed by atoms with Crippen LogP contribution in [0.4, 0.5) is 5.69 Å². The molecule has 3 aromatic rings. The molecule has 1 amide bonds. The van der Waals surface area contributed by atoms with Crippen LogP contribution in [0.3, 0.4) is 0 Å². The summed E-state index contributed by atoms with van der Waals surface area (Å²) in [6.45, 7) is 0.511. The van der Waals surface area contributed by atoms with Gasteiger partial charge in [-0.3, -0.25) is 4.79 Å². The van der Waals surface area contributed by atoms with E-state index in [1.165, 1.54) is 0 Å². The van der Waals surface area contributed by atoms with Crippen LogP contribution in [0.1, 0.15) is 18.2 Å². The molecule has 1 aliphatic heterocycles. The van der Waals surface area contributed by atoms with Crippen molar-refractivity contribution in [2.75, 3.05) is 18.6 Å². The number of hydrogen-bond acceptors (Lipinski definition) is 5.